The van der Waals surface area contributed by atoms with Crippen LogP contribution >= 0.6 is 27.5 Å². The number of aliphatic hydroxyl groups is 1. The van der Waals surface area contributed by atoms with Crippen LogP contribution in [0.4, 0.5) is 0 Å². The van der Waals surface area contributed by atoms with Crippen molar-refractivity contribution in [2.45, 2.75) is 18.9 Å². The Labute approximate surface area is 132 Å². The summed E-state index contributed by atoms with van der Waals surface area (Å²) in [5.41, 5.74) is 8.74. The number of rotatable bonds is 4. The second-order valence-corrected chi connectivity index (χ2v) is 6.20. The van der Waals surface area contributed by atoms with Gasteiger partial charge in [-0.2, -0.15) is 0 Å². The van der Waals surface area contributed by atoms with Gasteiger partial charge in [-0.1, -0.05) is 45.7 Å². The average Bonchev–Trinajstić information content (AvgIpc) is 2.39. The van der Waals surface area contributed by atoms with E-state index < -0.39 is 6.10 Å². The Morgan fingerprint density at radius 3 is 2.60 bits per heavy atom. The fourth-order valence-corrected chi connectivity index (χ4v) is 3.05. The summed E-state index contributed by atoms with van der Waals surface area (Å²) >= 11 is 9.45. The third-order valence-electron chi connectivity index (χ3n) is 3.46. The van der Waals surface area contributed by atoms with Gasteiger partial charge in [0.15, 0.2) is 0 Å². The van der Waals surface area contributed by atoms with E-state index in [0.29, 0.717) is 11.6 Å². The summed E-state index contributed by atoms with van der Waals surface area (Å²) in [5.74, 6) is -0.173. The van der Waals surface area contributed by atoms with Crippen molar-refractivity contribution in [2.75, 3.05) is 6.54 Å². The van der Waals surface area contributed by atoms with E-state index in [1.807, 2.05) is 49.4 Å². The molecule has 0 aromatic heterocycles. The van der Waals surface area contributed by atoms with Gasteiger partial charge in [0.25, 0.3) is 0 Å². The minimum Gasteiger partial charge on any atom is -0.388 e. The van der Waals surface area contributed by atoms with Crippen molar-refractivity contribution in [3.8, 4) is 0 Å². The molecule has 0 fully saturated rings. The maximum Gasteiger partial charge on any atom is 0.0873 e. The minimum absolute atomic E-state index is 0.173. The normalized spacial score (nSPS) is 14.1. The standard InChI is InChI=1S/C16H17BrClNO/c1-10-7-12(17)5-6-14(10)16(20)15(9-19)11-3-2-4-13(18)8-11/h2-8,15-16,20H,9,19H2,1H3. The fraction of sp³-hybridized carbons (Fsp3) is 0.250. The molecule has 3 N–H and O–H groups in total. The Bertz CT molecular complexity index is 603. The van der Waals surface area contributed by atoms with Crippen LogP contribution in [0.2, 0.25) is 5.02 Å². The van der Waals surface area contributed by atoms with E-state index in [1.54, 1.807) is 0 Å². The molecule has 0 saturated heterocycles. The molecule has 2 unspecified atom stereocenters. The molecule has 2 atom stereocenters. The number of aryl methyl sites for hydroxylation is 1. The number of aliphatic hydroxyl groups excluding tert-OH is 1. The highest BCUT2D eigenvalue weighted by molar-refractivity contribution is 9.10. The molecule has 2 aromatic carbocycles. The van der Waals surface area contributed by atoms with Crippen LogP contribution in [-0.2, 0) is 0 Å². The summed E-state index contributed by atoms with van der Waals surface area (Å²) in [6, 6.07) is 13.3. The van der Waals surface area contributed by atoms with Crippen molar-refractivity contribution < 1.29 is 5.11 Å². The summed E-state index contributed by atoms with van der Waals surface area (Å²) in [4.78, 5) is 0. The highest BCUT2D eigenvalue weighted by atomic mass is 79.9. The summed E-state index contributed by atoms with van der Waals surface area (Å²) in [7, 11) is 0. The largest absolute Gasteiger partial charge is 0.388 e. The van der Waals surface area contributed by atoms with Gasteiger partial charge in [0.05, 0.1) is 6.10 Å². The molecular weight excluding hydrogens is 338 g/mol. The lowest BCUT2D eigenvalue weighted by Crippen LogP contribution is -2.20. The zero-order valence-electron chi connectivity index (χ0n) is 11.2. The van der Waals surface area contributed by atoms with Crippen molar-refractivity contribution in [1.82, 2.24) is 0 Å². The van der Waals surface area contributed by atoms with Crippen molar-refractivity contribution in [3.05, 3.63) is 68.7 Å². The molecule has 0 radical (unpaired) electrons. The summed E-state index contributed by atoms with van der Waals surface area (Å²) in [5, 5.41) is 11.3. The lowest BCUT2D eigenvalue weighted by Gasteiger charge is -2.24. The summed E-state index contributed by atoms with van der Waals surface area (Å²) < 4.78 is 0.998. The first kappa shape index (κ1) is 15.5. The molecule has 0 bridgehead atoms. The average molecular weight is 355 g/mol. The highest BCUT2D eigenvalue weighted by Gasteiger charge is 2.23. The smallest absolute Gasteiger partial charge is 0.0873 e. The van der Waals surface area contributed by atoms with E-state index in [4.69, 9.17) is 17.3 Å². The molecule has 2 aromatic rings. The molecule has 4 heteroatoms. The summed E-state index contributed by atoms with van der Waals surface area (Å²) in [6.07, 6.45) is -0.647. The van der Waals surface area contributed by atoms with Crippen LogP contribution in [-0.4, -0.2) is 11.7 Å². The van der Waals surface area contributed by atoms with Gasteiger partial charge in [0, 0.05) is 22.0 Å². The highest BCUT2D eigenvalue weighted by Crippen LogP contribution is 2.33. The van der Waals surface area contributed by atoms with E-state index in [-0.39, 0.29) is 5.92 Å². The SMILES string of the molecule is Cc1cc(Br)ccc1C(O)C(CN)c1cccc(Cl)c1. The van der Waals surface area contributed by atoms with Gasteiger partial charge >= 0.3 is 0 Å². The molecule has 0 spiro atoms. The van der Waals surface area contributed by atoms with E-state index in [1.165, 1.54) is 0 Å². The molecule has 106 valence electrons. The van der Waals surface area contributed by atoms with Gasteiger partial charge in [-0.05, 0) is 47.9 Å². The molecule has 0 aliphatic carbocycles. The first-order valence-electron chi connectivity index (χ1n) is 6.42. The zero-order chi connectivity index (χ0) is 14.7. The Morgan fingerprint density at radius 2 is 2.00 bits per heavy atom. The van der Waals surface area contributed by atoms with Crippen LogP contribution in [0.1, 0.15) is 28.7 Å². The predicted octanol–water partition coefficient (Wildman–Crippen LogP) is 4.19. The first-order valence-corrected chi connectivity index (χ1v) is 7.59. The monoisotopic (exact) mass is 353 g/mol. The van der Waals surface area contributed by atoms with Gasteiger partial charge in [0.1, 0.15) is 0 Å². The molecule has 20 heavy (non-hydrogen) atoms. The van der Waals surface area contributed by atoms with Crippen LogP contribution in [0.5, 0.6) is 0 Å². The topological polar surface area (TPSA) is 46.2 Å². The molecule has 0 aliphatic heterocycles. The van der Waals surface area contributed by atoms with Gasteiger partial charge < -0.3 is 10.8 Å². The third-order valence-corrected chi connectivity index (χ3v) is 4.19. The van der Waals surface area contributed by atoms with Crippen molar-refractivity contribution in [1.29, 1.82) is 0 Å². The number of halogens is 2. The lowest BCUT2D eigenvalue weighted by molar-refractivity contribution is 0.147. The minimum atomic E-state index is -0.647. The van der Waals surface area contributed by atoms with Gasteiger partial charge in [-0.25, -0.2) is 0 Å². The summed E-state index contributed by atoms with van der Waals surface area (Å²) in [6.45, 7) is 2.34. The molecular formula is C16H17BrClNO. The predicted molar refractivity (Wildman–Crippen MR) is 87.1 cm³/mol. The van der Waals surface area contributed by atoms with Gasteiger partial charge in [-0.15, -0.1) is 0 Å². The Balaban J connectivity index is 2.36. The van der Waals surface area contributed by atoms with Crippen LogP contribution < -0.4 is 5.73 Å². The van der Waals surface area contributed by atoms with Crippen molar-refractivity contribution in [2.24, 2.45) is 5.73 Å². The van der Waals surface area contributed by atoms with Crippen molar-refractivity contribution in [3.63, 3.8) is 0 Å². The number of hydrogen-bond donors (Lipinski definition) is 2. The first-order chi connectivity index (χ1) is 9.52. The molecule has 2 rings (SSSR count). The quantitative estimate of drug-likeness (QED) is 0.865. The molecule has 0 heterocycles. The van der Waals surface area contributed by atoms with E-state index in [9.17, 15) is 5.11 Å². The molecule has 2 nitrogen and oxygen atoms in total. The third kappa shape index (κ3) is 3.41. The Morgan fingerprint density at radius 1 is 1.25 bits per heavy atom. The van der Waals surface area contributed by atoms with Crippen LogP contribution in [0.15, 0.2) is 46.9 Å². The maximum atomic E-state index is 10.7. The number of hydrogen-bond acceptors (Lipinski definition) is 2. The second-order valence-electron chi connectivity index (χ2n) is 4.84. The van der Waals surface area contributed by atoms with Crippen LogP contribution in [0.25, 0.3) is 0 Å². The Kier molecular flexibility index (Phi) is 5.22. The molecule has 0 saturated carbocycles. The maximum absolute atomic E-state index is 10.7. The number of benzene rings is 2. The lowest BCUT2D eigenvalue weighted by atomic mass is 9.87. The van der Waals surface area contributed by atoms with E-state index >= 15 is 0 Å². The Hall–Kier alpha value is -0.870. The van der Waals surface area contributed by atoms with Crippen LogP contribution in [0.3, 0.4) is 0 Å². The molecule has 0 aliphatic rings. The number of nitrogens with two attached hydrogens (primary N) is 1. The van der Waals surface area contributed by atoms with E-state index in [2.05, 4.69) is 15.9 Å². The van der Waals surface area contributed by atoms with Crippen molar-refractivity contribution >= 4 is 27.5 Å². The second kappa shape index (κ2) is 6.72. The van der Waals surface area contributed by atoms with Gasteiger partial charge in [-0.3, -0.25) is 0 Å². The van der Waals surface area contributed by atoms with E-state index in [0.717, 1.165) is 21.2 Å². The van der Waals surface area contributed by atoms with Gasteiger partial charge in [0.2, 0.25) is 0 Å². The molecule has 0 amide bonds. The van der Waals surface area contributed by atoms with Crippen LogP contribution in [0, 0.1) is 6.92 Å². The zero-order valence-corrected chi connectivity index (χ0v) is 13.5. The fourth-order valence-electron chi connectivity index (χ4n) is 2.37.